The molecule has 0 aliphatic rings. The molecule has 0 fully saturated rings. The minimum atomic E-state index is -0.337. The van der Waals surface area contributed by atoms with Crippen molar-refractivity contribution >= 4 is 5.91 Å². The van der Waals surface area contributed by atoms with Crippen LogP contribution >= 0.6 is 0 Å². The lowest BCUT2D eigenvalue weighted by molar-refractivity contribution is 0.0923. The van der Waals surface area contributed by atoms with Crippen molar-refractivity contribution in [2.45, 2.75) is 13.8 Å². The number of carbonyl (C=O) groups is 1. The van der Waals surface area contributed by atoms with Crippen LogP contribution in [0.3, 0.4) is 0 Å². The van der Waals surface area contributed by atoms with E-state index in [1.165, 1.54) is 6.20 Å². The first-order chi connectivity index (χ1) is 6.24. The molecule has 1 heterocycles. The standard InChI is InChI=1S/C9H10N2O2/c1-3-4-5-10-8(12)9-11-6-7(2)13-9/h6H,5H2,1-2H3,(H,10,12). The molecule has 0 atom stereocenters. The summed E-state index contributed by atoms with van der Waals surface area (Å²) in [5.41, 5.74) is 0. The molecule has 13 heavy (non-hydrogen) atoms. The van der Waals surface area contributed by atoms with Crippen LogP contribution in [0.1, 0.15) is 23.4 Å². The molecule has 0 saturated carbocycles. The summed E-state index contributed by atoms with van der Waals surface area (Å²) in [5, 5.41) is 2.54. The smallest absolute Gasteiger partial charge is 0.307 e. The van der Waals surface area contributed by atoms with Crippen molar-refractivity contribution in [2.75, 3.05) is 6.54 Å². The second-order valence-electron chi connectivity index (χ2n) is 2.39. The molecule has 0 aliphatic carbocycles. The Morgan fingerprint density at radius 1 is 1.77 bits per heavy atom. The zero-order chi connectivity index (χ0) is 9.68. The van der Waals surface area contributed by atoms with Crippen LogP contribution < -0.4 is 5.32 Å². The summed E-state index contributed by atoms with van der Waals surface area (Å²) in [4.78, 5) is 15.0. The predicted octanol–water partition coefficient (Wildman–Crippen LogP) is 0.736. The third kappa shape index (κ3) is 2.64. The number of aryl methyl sites for hydroxylation is 1. The molecular formula is C9H10N2O2. The first kappa shape index (κ1) is 9.33. The molecule has 1 aromatic rings. The summed E-state index contributed by atoms with van der Waals surface area (Å²) < 4.78 is 5.00. The topological polar surface area (TPSA) is 55.1 Å². The van der Waals surface area contributed by atoms with Crippen LogP contribution in [0.15, 0.2) is 10.6 Å². The molecular weight excluding hydrogens is 168 g/mol. The predicted molar refractivity (Wildman–Crippen MR) is 47.0 cm³/mol. The number of nitrogens with one attached hydrogen (secondary N) is 1. The molecule has 1 rings (SSSR count). The van der Waals surface area contributed by atoms with Crippen molar-refractivity contribution in [2.24, 2.45) is 0 Å². The maximum atomic E-state index is 11.2. The second-order valence-corrected chi connectivity index (χ2v) is 2.39. The average molecular weight is 178 g/mol. The summed E-state index contributed by atoms with van der Waals surface area (Å²) in [6, 6.07) is 0. The molecule has 1 aromatic heterocycles. The monoisotopic (exact) mass is 178 g/mol. The zero-order valence-electron chi connectivity index (χ0n) is 7.55. The minimum absolute atomic E-state index is 0.0791. The van der Waals surface area contributed by atoms with Gasteiger partial charge in [-0.2, -0.15) is 0 Å². The van der Waals surface area contributed by atoms with Crippen molar-refractivity contribution in [3.8, 4) is 11.8 Å². The molecule has 0 aliphatic heterocycles. The van der Waals surface area contributed by atoms with Gasteiger partial charge in [-0.05, 0) is 13.8 Å². The quantitative estimate of drug-likeness (QED) is 0.679. The summed E-state index contributed by atoms with van der Waals surface area (Å²) in [6.07, 6.45) is 1.50. The number of nitrogens with zero attached hydrogens (tertiary/aromatic N) is 1. The van der Waals surface area contributed by atoms with Gasteiger partial charge in [0.25, 0.3) is 5.89 Å². The van der Waals surface area contributed by atoms with Gasteiger partial charge in [-0.25, -0.2) is 4.98 Å². The van der Waals surface area contributed by atoms with Gasteiger partial charge in [0.1, 0.15) is 5.76 Å². The summed E-state index contributed by atoms with van der Waals surface area (Å²) in [6.45, 7) is 3.76. The van der Waals surface area contributed by atoms with Crippen LogP contribution in [0.4, 0.5) is 0 Å². The van der Waals surface area contributed by atoms with Gasteiger partial charge in [0.15, 0.2) is 0 Å². The molecule has 1 amide bonds. The van der Waals surface area contributed by atoms with Crippen LogP contribution in [-0.2, 0) is 0 Å². The van der Waals surface area contributed by atoms with Gasteiger partial charge in [-0.3, -0.25) is 4.79 Å². The Morgan fingerprint density at radius 3 is 3.08 bits per heavy atom. The van der Waals surface area contributed by atoms with Crippen molar-refractivity contribution in [1.82, 2.24) is 10.3 Å². The van der Waals surface area contributed by atoms with Crippen LogP contribution in [0.5, 0.6) is 0 Å². The van der Waals surface area contributed by atoms with Crippen LogP contribution in [0.25, 0.3) is 0 Å². The molecule has 0 saturated heterocycles. The van der Waals surface area contributed by atoms with Crippen LogP contribution in [-0.4, -0.2) is 17.4 Å². The number of hydrogen-bond donors (Lipinski definition) is 1. The molecule has 1 N–H and O–H groups in total. The number of oxazole rings is 1. The Kier molecular flexibility index (Phi) is 3.09. The van der Waals surface area contributed by atoms with Gasteiger partial charge in [0.05, 0.1) is 12.7 Å². The van der Waals surface area contributed by atoms with Crippen molar-refractivity contribution in [3.05, 3.63) is 17.8 Å². The van der Waals surface area contributed by atoms with E-state index >= 15 is 0 Å². The van der Waals surface area contributed by atoms with E-state index in [-0.39, 0.29) is 11.8 Å². The highest BCUT2D eigenvalue weighted by Gasteiger charge is 2.09. The first-order valence-corrected chi connectivity index (χ1v) is 3.84. The van der Waals surface area contributed by atoms with E-state index in [1.54, 1.807) is 13.8 Å². The van der Waals surface area contributed by atoms with Gasteiger partial charge < -0.3 is 9.73 Å². The maximum absolute atomic E-state index is 11.2. The van der Waals surface area contributed by atoms with E-state index in [4.69, 9.17) is 4.42 Å². The summed E-state index contributed by atoms with van der Waals surface area (Å²) in [7, 11) is 0. The van der Waals surface area contributed by atoms with Crippen molar-refractivity contribution in [3.63, 3.8) is 0 Å². The summed E-state index contributed by atoms with van der Waals surface area (Å²) >= 11 is 0. The normalized spacial score (nSPS) is 8.77. The number of hydrogen-bond acceptors (Lipinski definition) is 3. The Labute approximate surface area is 76.3 Å². The van der Waals surface area contributed by atoms with Gasteiger partial charge in [-0.15, -0.1) is 5.92 Å². The highest BCUT2D eigenvalue weighted by Crippen LogP contribution is 2.00. The lowest BCUT2D eigenvalue weighted by Gasteiger charge is -1.94. The Balaban J connectivity index is 2.52. The van der Waals surface area contributed by atoms with Gasteiger partial charge in [-0.1, -0.05) is 5.92 Å². The Morgan fingerprint density at radius 2 is 2.54 bits per heavy atom. The lowest BCUT2D eigenvalue weighted by atomic mass is 10.5. The molecule has 0 bridgehead atoms. The average Bonchev–Trinajstić information content (AvgIpc) is 2.52. The van der Waals surface area contributed by atoms with Gasteiger partial charge >= 0.3 is 5.91 Å². The summed E-state index contributed by atoms with van der Waals surface area (Å²) in [5.74, 6) is 5.73. The molecule has 4 nitrogen and oxygen atoms in total. The van der Waals surface area contributed by atoms with Crippen LogP contribution in [0, 0.1) is 18.8 Å². The zero-order valence-corrected chi connectivity index (χ0v) is 7.55. The molecule has 68 valence electrons. The largest absolute Gasteiger partial charge is 0.438 e. The highest BCUT2D eigenvalue weighted by atomic mass is 16.4. The van der Waals surface area contributed by atoms with E-state index < -0.39 is 0 Å². The van der Waals surface area contributed by atoms with E-state index in [1.807, 2.05) is 0 Å². The third-order valence-electron chi connectivity index (χ3n) is 1.33. The van der Waals surface area contributed by atoms with E-state index in [0.717, 1.165) is 0 Å². The van der Waals surface area contributed by atoms with E-state index in [0.29, 0.717) is 12.3 Å². The van der Waals surface area contributed by atoms with Crippen LogP contribution in [0.2, 0.25) is 0 Å². The number of rotatable bonds is 2. The van der Waals surface area contributed by atoms with Gasteiger partial charge in [0.2, 0.25) is 0 Å². The molecule has 0 aromatic carbocycles. The van der Waals surface area contributed by atoms with E-state index in [9.17, 15) is 4.79 Å². The first-order valence-electron chi connectivity index (χ1n) is 3.84. The third-order valence-corrected chi connectivity index (χ3v) is 1.33. The Bertz CT molecular complexity index is 357. The fourth-order valence-electron chi connectivity index (χ4n) is 0.748. The van der Waals surface area contributed by atoms with Gasteiger partial charge in [0, 0.05) is 0 Å². The second kappa shape index (κ2) is 4.31. The SMILES string of the molecule is CC#CCNC(=O)c1ncc(C)o1. The Hall–Kier alpha value is -1.76. The maximum Gasteiger partial charge on any atom is 0.307 e. The number of amides is 1. The van der Waals surface area contributed by atoms with E-state index in [2.05, 4.69) is 22.1 Å². The van der Waals surface area contributed by atoms with Crippen molar-refractivity contribution < 1.29 is 9.21 Å². The fraction of sp³-hybridized carbons (Fsp3) is 0.333. The molecule has 0 radical (unpaired) electrons. The number of carbonyl (C=O) groups excluding carboxylic acids is 1. The molecule has 0 spiro atoms. The van der Waals surface area contributed by atoms with Crippen molar-refractivity contribution in [1.29, 1.82) is 0 Å². The number of aromatic nitrogens is 1. The molecule has 4 heteroatoms. The lowest BCUT2D eigenvalue weighted by Crippen LogP contribution is -2.23. The highest BCUT2D eigenvalue weighted by molar-refractivity contribution is 5.89. The minimum Gasteiger partial charge on any atom is -0.438 e. The fourth-order valence-corrected chi connectivity index (χ4v) is 0.748. The molecule has 0 unspecified atom stereocenters.